The van der Waals surface area contributed by atoms with E-state index in [1.54, 1.807) is 36.4 Å². The van der Waals surface area contributed by atoms with Gasteiger partial charge in [-0.3, -0.25) is 0 Å². The summed E-state index contributed by atoms with van der Waals surface area (Å²) in [7, 11) is -3.96. The Balaban J connectivity index is 2.38. The van der Waals surface area contributed by atoms with Gasteiger partial charge in [-0.25, -0.2) is 8.42 Å². The van der Waals surface area contributed by atoms with Crippen molar-refractivity contribution in [2.75, 3.05) is 0 Å². The second-order valence-electron chi connectivity index (χ2n) is 4.20. The van der Waals surface area contributed by atoms with Crippen LogP contribution in [0.1, 0.15) is 17.2 Å². The molecule has 1 N–H and O–H groups in total. The lowest BCUT2D eigenvalue weighted by molar-refractivity contribution is 0.575. The third-order valence-electron chi connectivity index (χ3n) is 2.83. The lowest BCUT2D eigenvalue weighted by Gasteiger charge is -2.13. The van der Waals surface area contributed by atoms with E-state index in [2.05, 4.69) is 4.72 Å². The maximum Gasteiger partial charge on any atom is 0.243 e. The lowest BCUT2D eigenvalue weighted by Crippen LogP contribution is -2.28. The van der Waals surface area contributed by atoms with E-state index < -0.39 is 16.1 Å². The molecule has 0 fully saturated rings. The van der Waals surface area contributed by atoms with Gasteiger partial charge in [-0.05, 0) is 17.7 Å². The number of nitrogens with one attached hydrogen (secondary N) is 1. The van der Waals surface area contributed by atoms with Crippen LogP contribution < -0.4 is 4.72 Å². The minimum absolute atomic E-state index is 0.0368. The van der Waals surface area contributed by atoms with Crippen molar-refractivity contribution in [3.8, 4) is 12.1 Å². The molecular weight excluding hydrogens is 286 g/mol. The molecule has 1 atom stereocenters. The molecule has 0 amide bonds. The number of hydrogen-bond donors (Lipinski definition) is 1. The minimum Gasteiger partial charge on any atom is -0.207 e. The number of hydrogen-bond acceptors (Lipinski definition) is 4. The van der Waals surface area contributed by atoms with Crippen LogP contribution in [0.15, 0.2) is 59.5 Å². The van der Waals surface area contributed by atoms with Gasteiger partial charge < -0.3 is 0 Å². The Morgan fingerprint density at radius 1 is 0.952 bits per heavy atom. The van der Waals surface area contributed by atoms with Gasteiger partial charge in [-0.1, -0.05) is 42.5 Å². The van der Waals surface area contributed by atoms with Gasteiger partial charge in [0, 0.05) is 0 Å². The van der Waals surface area contributed by atoms with Gasteiger partial charge >= 0.3 is 0 Å². The number of sulfonamides is 1. The Labute approximate surface area is 123 Å². The summed E-state index contributed by atoms with van der Waals surface area (Å²) in [5, 5.41) is 18.2. The molecule has 1 unspecified atom stereocenters. The Kier molecular flexibility index (Phi) is 4.34. The first-order valence-corrected chi connectivity index (χ1v) is 7.53. The average molecular weight is 297 g/mol. The zero-order valence-corrected chi connectivity index (χ0v) is 11.7. The van der Waals surface area contributed by atoms with Crippen LogP contribution in [-0.2, 0) is 10.0 Å². The van der Waals surface area contributed by atoms with Crippen LogP contribution in [0.5, 0.6) is 0 Å². The normalized spacial score (nSPS) is 12.1. The second-order valence-corrected chi connectivity index (χ2v) is 5.88. The summed E-state index contributed by atoms with van der Waals surface area (Å²) in [6.45, 7) is 0. The molecule has 0 radical (unpaired) electrons. The Hall–Kier alpha value is -2.67. The summed E-state index contributed by atoms with van der Waals surface area (Å²) in [5.74, 6) is 0. The Morgan fingerprint density at radius 2 is 1.57 bits per heavy atom. The van der Waals surface area contributed by atoms with Gasteiger partial charge in [0.05, 0.1) is 16.5 Å². The zero-order valence-electron chi connectivity index (χ0n) is 10.9. The van der Waals surface area contributed by atoms with Gasteiger partial charge in [0.15, 0.2) is 0 Å². The quantitative estimate of drug-likeness (QED) is 0.935. The molecule has 0 heterocycles. The van der Waals surface area contributed by atoms with Crippen LogP contribution >= 0.6 is 0 Å². The largest absolute Gasteiger partial charge is 0.243 e. The average Bonchev–Trinajstić information content (AvgIpc) is 2.53. The molecule has 0 aromatic heterocycles. The van der Waals surface area contributed by atoms with Crippen molar-refractivity contribution in [2.45, 2.75) is 10.9 Å². The van der Waals surface area contributed by atoms with Crippen LogP contribution in [0, 0.1) is 22.7 Å². The molecular formula is C15H11N3O2S. The second kappa shape index (κ2) is 6.19. The molecule has 21 heavy (non-hydrogen) atoms. The van der Waals surface area contributed by atoms with E-state index in [0.29, 0.717) is 5.56 Å². The van der Waals surface area contributed by atoms with E-state index in [1.165, 1.54) is 18.2 Å². The summed E-state index contributed by atoms with van der Waals surface area (Å²) < 4.78 is 27.0. The highest BCUT2D eigenvalue weighted by Crippen LogP contribution is 2.19. The molecule has 0 spiro atoms. The van der Waals surface area contributed by atoms with Crippen LogP contribution in [-0.4, -0.2) is 8.42 Å². The molecule has 0 bridgehead atoms. The topological polar surface area (TPSA) is 93.8 Å². The summed E-state index contributed by atoms with van der Waals surface area (Å²) in [4.78, 5) is -0.135. The summed E-state index contributed by atoms with van der Waals surface area (Å²) in [6, 6.07) is 17.1. The lowest BCUT2D eigenvalue weighted by atomic mass is 10.1. The van der Waals surface area contributed by atoms with Crippen molar-refractivity contribution in [3.63, 3.8) is 0 Å². The molecule has 2 aromatic carbocycles. The molecule has 0 aliphatic heterocycles. The maximum absolute atomic E-state index is 12.3. The first kappa shape index (κ1) is 14.7. The molecule has 2 aromatic rings. The van der Waals surface area contributed by atoms with Gasteiger partial charge in [-0.2, -0.15) is 15.2 Å². The molecule has 0 saturated carbocycles. The van der Waals surface area contributed by atoms with E-state index in [4.69, 9.17) is 5.26 Å². The van der Waals surface area contributed by atoms with E-state index in [0.717, 1.165) is 0 Å². The van der Waals surface area contributed by atoms with E-state index in [9.17, 15) is 13.7 Å². The van der Waals surface area contributed by atoms with Gasteiger partial charge in [0.2, 0.25) is 10.0 Å². The van der Waals surface area contributed by atoms with Gasteiger partial charge in [0.25, 0.3) is 0 Å². The van der Waals surface area contributed by atoms with Crippen molar-refractivity contribution in [2.24, 2.45) is 0 Å². The predicted octanol–water partition coefficient (Wildman–Crippen LogP) is 2.10. The number of rotatable bonds is 4. The molecule has 0 aliphatic rings. The van der Waals surface area contributed by atoms with Crippen LogP contribution in [0.25, 0.3) is 0 Å². The van der Waals surface area contributed by atoms with Gasteiger partial charge in [0.1, 0.15) is 12.1 Å². The fourth-order valence-electron chi connectivity index (χ4n) is 1.83. The molecule has 6 heteroatoms. The Morgan fingerprint density at radius 3 is 2.19 bits per heavy atom. The first-order valence-electron chi connectivity index (χ1n) is 6.04. The summed E-state index contributed by atoms with van der Waals surface area (Å²) in [5.41, 5.74) is 0.577. The predicted molar refractivity (Wildman–Crippen MR) is 76.3 cm³/mol. The molecule has 0 aliphatic carbocycles. The smallest absolute Gasteiger partial charge is 0.207 e. The van der Waals surface area contributed by atoms with Crippen molar-refractivity contribution >= 4 is 10.0 Å². The monoisotopic (exact) mass is 297 g/mol. The third-order valence-corrected chi connectivity index (χ3v) is 4.31. The highest BCUT2D eigenvalue weighted by Gasteiger charge is 2.23. The molecule has 2 rings (SSSR count). The van der Waals surface area contributed by atoms with Crippen molar-refractivity contribution in [3.05, 3.63) is 65.7 Å². The van der Waals surface area contributed by atoms with E-state index in [-0.39, 0.29) is 10.5 Å². The third kappa shape index (κ3) is 3.26. The minimum atomic E-state index is -3.96. The zero-order chi connectivity index (χ0) is 15.3. The standard InChI is InChI=1S/C15H11N3O2S/c16-10-13-8-4-5-9-15(13)21(19,20)18-14(11-17)12-6-2-1-3-7-12/h1-9,14,18H. The van der Waals surface area contributed by atoms with Crippen molar-refractivity contribution in [1.29, 1.82) is 10.5 Å². The highest BCUT2D eigenvalue weighted by molar-refractivity contribution is 7.89. The molecule has 5 nitrogen and oxygen atoms in total. The number of benzene rings is 2. The fourth-order valence-corrected chi connectivity index (χ4v) is 3.11. The SMILES string of the molecule is N#Cc1ccccc1S(=O)(=O)NC(C#N)c1ccccc1. The molecule has 0 saturated heterocycles. The summed E-state index contributed by atoms with van der Waals surface area (Å²) in [6.07, 6.45) is 0. The fraction of sp³-hybridized carbons (Fsp3) is 0.0667. The first-order chi connectivity index (χ1) is 10.1. The van der Waals surface area contributed by atoms with E-state index in [1.807, 2.05) is 12.1 Å². The van der Waals surface area contributed by atoms with Gasteiger partial charge in [-0.15, -0.1) is 0 Å². The highest BCUT2D eigenvalue weighted by atomic mass is 32.2. The number of nitriles is 2. The van der Waals surface area contributed by atoms with Crippen molar-refractivity contribution < 1.29 is 8.42 Å². The van der Waals surface area contributed by atoms with Crippen molar-refractivity contribution in [1.82, 2.24) is 4.72 Å². The van der Waals surface area contributed by atoms with Crippen LogP contribution in [0.4, 0.5) is 0 Å². The molecule has 104 valence electrons. The van der Waals surface area contributed by atoms with Crippen LogP contribution in [0.2, 0.25) is 0 Å². The number of nitrogens with zero attached hydrogens (tertiary/aromatic N) is 2. The maximum atomic E-state index is 12.3. The van der Waals surface area contributed by atoms with E-state index >= 15 is 0 Å². The van der Waals surface area contributed by atoms with Crippen LogP contribution in [0.3, 0.4) is 0 Å². The Bertz CT molecular complexity index is 818. The summed E-state index contributed by atoms with van der Waals surface area (Å²) >= 11 is 0.